The second-order valence-corrected chi connectivity index (χ2v) is 7.27. The maximum atomic E-state index is 12.7. The van der Waals surface area contributed by atoms with Crippen LogP contribution in [-0.2, 0) is 16.0 Å². The number of carbonyl (C=O) groups excluding carboxylic acids is 2. The van der Waals surface area contributed by atoms with Gasteiger partial charge in [0.2, 0.25) is 0 Å². The second-order valence-electron chi connectivity index (χ2n) is 7.27. The number of fused-ring (bicyclic) bond motifs is 2. The summed E-state index contributed by atoms with van der Waals surface area (Å²) >= 11 is 0. The summed E-state index contributed by atoms with van der Waals surface area (Å²) in [6.07, 6.45) is 1.30. The van der Waals surface area contributed by atoms with Crippen molar-refractivity contribution in [2.75, 3.05) is 32.3 Å². The molecule has 0 atom stereocenters. The molecule has 0 saturated carbocycles. The van der Waals surface area contributed by atoms with Crippen molar-refractivity contribution in [3.63, 3.8) is 0 Å². The fraction of sp³-hybridized carbons (Fsp3) is 0.273. The van der Waals surface area contributed by atoms with Crippen molar-refractivity contribution in [1.82, 2.24) is 4.98 Å². The highest BCUT2D eigenvalue weighted by atomic mass is 16.6. The van der Waals surface area contributed by atoms with Crippen molar-refractivity contribution in [2.24, 2.45) is 0 Å². The van der Waals surface area contributed by atoms with Gasteiger partial charge in [0.1, 0.15) is 17.2 Å². The number of H-pyrrole nitrogens is 1. The molecule has 1 aliphatic rings. The first-order chi connectivity index (χ1) is 15.4. The van der Waals surface area contributed by atoms with Crippen LogP contribution in [0.3, 0.4) is 0 Å². The molecule has 1 aromatic heterocycles. The molecule has 0 aliphatic carbocycles. The van der Waals surface area contributed by atoms with Crippen LogP contribution >= 0.6 is 0 Å². The Balaban J connectivity index is 1.48. The van der Waals surface area contributed by atoms with Gasteiger partial charge in [-0.1, -0.05) is 0 Å². The van der Waals surface area contributed by atoms with Crippen LogP contribution in [0.4, 0.5) is 11.4 Å². The number of hydrogen-bond acceptors (Lipinski definition) is 7. The van der Waals surface area contributed by atoms with Gasteiger partial charge in [0.25, 0.3) is 11.6 Å². The van der Waals surface area contributed by atoms with E-state index in [4.69, 9.17) is 14.2 Å². The number of non-ortho nitro benzene ring substituents is 1. The van der Waals surface area contributed by atoms with Gasteiger partial charge in [-0.2, -0.15) is 0 Å². The van der Waals surface area contributed by atoms with Crippen LogP contribution in [-0.4, -0.2) is 49.2 Å². The van der Waals surface area contributed by atoms with Crippen LogP contribution in [0, 0.1) is 10.1 Å². The molecule has 10 nitrogen and oxygen atoms in total. The number of benzene rings is 2. The zero-order chi connectivity index (χ0) is 22.8. The number of methoxy groups -OCH3 is 2. The molecule has 0 bridgehead atoms. The number of aryl methyl sites for hydroxylation is 1. The molecule has 0 spiro atoms. The Kier molecular flexibility index (Phi) is 5.67. The lowest BCUT2D eigenvalue weighted by molar-refractivity contribution is -0.384. The number of aromatic nitrogens is 1. The topological polar surface area (TPSA) is 124 Å². The number of nitro benzene ring substituents is 1. The Hall–Kier alpha value is -4.08. The van der Waals surface area contributed by atoms with Crippen molar-refractivity contribution in [3.8, 4) is 11.5 Å². The molecule has 1 N–H and O–H groups in total. The number of anilines is 1. The molecule has 166 valence electrons. The number of amides is 1. The van der Waals surface area contributed by atoms with Crippen molar-refractivity contribution in [2.45, 2.75) is 12.8 Å². The molecule has 1 amide bonds. The van der Waals surface area contributed by atoms with Gasteiger partial charge in [-0.25, -0.2) is 4.79 Å². The van der Waals surface area contributed by atoms with Crippen molar-refractivity contribution in [3.05, 3.63) is 57.8 Å². The first-order valence-electron chi connectivity index (χ1n) is 9.91. The highest BCUT2D eigenvalue weighted by Gasteiger charge is 2.25. The number of carbonyl (C=O) groups is 2. The van der Waals surface area contributed by atoms with Crippen molar-refractivity contribution in [1.29, 1.82) is 0 Å². The number of aromatic amines is 1. The average Bonchev–Trinajstić information content (AvgIpc) is 3.25. The minimum Gasteiger partial charge on any atom is -0.497 e. The lowest BCUT2D eigenvalue weighted by Crippen LogP contribution is -2.38. The van der Waals surface area contributed by atoms with E-state index in [1.165, 1.54) is 31.3 Å². The summed E-state index contributed by atoms with van der Waals surface area (Å²) in [7, 11) is 3.04. The molecule has 1 aliphatic heterocycles. The Morgan fingerprint density at radius 1 is 1.16 bits per heavy atom. The van der Waals surface area contributed by atoms with Gasteiger partial charge in [-0.05, 0) is 36.6 Å². The zero-order valence-corrected chi connectivity index (χ0v) is 17.5. The van der Waals surface area contributed by atoms with E-state index in [1.807, 2.05) is 0 Å². The fourth-order valence-corrected chi connectivity index (χ4v) is 3.81. The molecule has 2 heterocycles. The summed E-state index contributed by atoms with van der Waals surface area (Å²) in [6.45, 7) is -0.00431. The van der Waals surface area contributed by atoms with Crippen LogP contribution in [0.1, 0.15) is 22.5 Å². The van der Waals surface area contributed by atoms with E-state index >= 15 is 0 Å². The maximum Gasteiger partial charge on any atom is 0.355 e. The summed E-state index contributed by atoms with van der Waals surface area (Å²) in [5, 5.41) is 11.7. The monoisotopic (exact) mass is 439 g/mol. The molecule has 0 unspecified atom stereocenters. The van der Waals surface area contributed by atoms with E-state index in [-0.39, 0.29) is 11.4 Å². The van der Waals surface area contributed by atoms with Gasteiger partial charge in [0.15, 0.2) is 6.61 Å². The normalized spacial score (nSPS) is 12.9. The summed E-state index contributed by atoms with van der Waals surface area (Å²) < 4.78 is 15.8. The predicted octanol–water partition coefficient (Wildman–Crippen LogP) is 3.23. The van der Waals surface area contributed by atoms with E-state index in [0.29, 0.717) is 47.5 Å². The van der Waals surface area contributed by atoms with Gasteiger partial charge in [0, 0.05) is 35.8 Å². The molecule has 0 radical (unpaired) electrons. The Morgan fingerprint density at radius 2 is 1.97 bits per heavy atom. The third-order valence-corrected chi connectivity index (χ3v) is 5.36. The van der Waals surface area contributed by atoms with Gasteiger partial charge in [-0.3, -0.25) is 14.9 Å². The summed E-state index contributed by atoms with van der Waals surface area (Å²) in [5.74, 6) is 0.000885. The first kappa shape index (κ1) is 21.2. The molecule has 4 rings (SSSR count). The summed E-state index contributed by atoms with van der Waals surface area (Å²) in [5.41, 5.74) is 2.09. The smallest absolute Gasteiger partial charge is 0.355 e. The zero-order valence-electron chi connectivity index (χ0n) is 17.5. The maximum absolute atomic E-state index is 12.7. The third-order valence-electron chi connectivity index (χ3n) is 5.36. The molecule has 32 heavy (non-hydrogen) atoms. The van der Waals surface area contributed by atoms with Crippen molar-refractivity contribution >= 4 is 34.2 Å². The van der Waals surface area contributed by atoms with Crippen LogP contribution in [0.25, 0.3) is 10.9 Å². The summed E-state index contributed by atoms with van der Waals surface area (Å²) in [4.78, 5) is 40.3. The summed E-state index contributed by atoms with van der Waals surface area (Å²) in [6, 6.07) is 9.44. The minimum atomic E-state index is -0.684. The average molecular weight is 439 g/mol. The minimum absolute atomic E-state index is 0.0182. The van der Waals surface area contributed by atoms with Gasteiger partial charge in [0.05, 0.1) is 24.7 Å². The quantitative estimate of drug-likeness (QED) is 0.355. The molecule has 2 aromatic carbocycles. The lowest BCUT2D eigenvalue weighted by Gasteiger charge is -2.29. The standard InChI is InChI=1S/C22H21N3O7/c1-30-16-9-14-10-17(23-21(14)19(11-16)31-2)22(27)32-12-20(26)24-7-3-4-13-8-15(25(28)29)5-6-18(13)24/h5-6,8-11,23H,3-4,7,12H2,1-2H3. The number of rotatable bonds is 6. The van der Waals surface area contributed by atoms with Crippen LogP contribution in [0.2, 0.25) is 0 Å². The second kappa shape index (κ2) is 8.58. The van der Waals surface area contributed by atoms with E-state index in [0.717, 1.165) is 5.56 Å². The molecular weight excluding hydrogens is 418 g/mol. The SMILES string of the molecule is COc1cc(OC)c2[nH]c(C(=O)OCC(=O)N3CCCc4cc([N+](=O)[O-])ccc43)cc2c1. The number of nitrogens with one attached hydrogen (secondary N) is 1. The van der Waals surface area contributed by atoms with E-state index in [1.54, 1.807) is 24.3 Å². The highest BCUT2D eigenvalue weighted by molar-refractivity contribution is 6.00. The molecule has 3 aromatic rings. The van der Waals surface area contributed by atoms with E-state index in [2.05, 4.69) is 4.98 Å². The predicted molar refractivity (Wildman–Crippen MR) is 115 cm³/mol. The van der Waals surface area contributed by atoms with Gasteiger partial charge >= 0.3 is 5.97 Å². The lowest BCUT2D eigenvalue weighted by atomic mass is 10.0. The number of nitrogens with zero attached hydrogens (tertiary/aromatic N) is 2. The van der Waals surface area contributed by atoms with Gasteiger partial charge < -0.3 is 24.1 Å². The fourth-order valence-electron chi connectivity index (χ4n) is 3.81. The highest BCUT2D eigenvalue weighted by Crippen LogP contribution is 2.32. The number of ether oxygens (including phenoxy) is 3. The Labute approximate surface area is 182 Å². The largest absolute Gasteiger partial charge is 0.497 e. The molecule has 0 saturated heterocycles. The third kappa shape index (κ3) is 3.94. The van der Waals surface area contributed by atoms with E-state index in [9.17, 15) is 19.7 Å². The van der Waals surface area contributed by atoms with Crippen LogP contribution in [0.15, 0.2) is 36.4 Å². The Bertz CT molecular complexity index is 1220. The molecule has 10 heteroatoms. The molecule has 0 fully saturated rings. The van der Waals surface area contributed by atoms with E-state index < -0.39 is 23.4 Å². The van der Waals surface area contributed by atoms with Crippen molar-refractivity contribution < 1.29 is 28.7 Å². The van der Waals surface area contributed by atoms with Crippen LogP contribution < -0.4 is 14.4 Å². The number of esters is 1. The Morgan fingerprint density at radius 3 is 2.69 bits per heavy atom. The molecular formula is C22H21N3O7. The number of hydrogen-bond donors (Lipinski definition) is 1. The van der Waals surface area contributed by atoms with Crippen LogP contribution in [0.5, 0.6) is 11.5 Å². The van der Waals surface area contributed by atoms with Gasteiger partial charge in [-0.15, -0.1) is 0 Å². The first-order valence-corrected chi connectivity index (χ1v) is 9.91. The number of nitro groups is 1.